The molecule has 0 spiro atoms. The van der Waals surface area contributed by atoms with E-state index < -0.39 is 21.7 Å². The lowest BCUT2D eigenvalue weighted by Crippen LogP contribution is -2.47. The fourth-order valence-corrected chi connectivity index (χ4v) is 3.24. The minimum absolute atomic E-state index is 0.0558. The molecule has 1 heterocycles. The van der Waals surface area contributed by atoms with E-state index in [2.05, 4.69) is 10.0 Å². The van der Waals surface area contributed by atoms with E-state index in [1.807, 2.05) is 0 Å². The van der Waals surface area contributed by atoms with Crippen molar-refractivity contribution in [3.8, 4) is 0 Å². The molecule has 138 valence electrons. The largest absolute Gasteiger partial charge is 0.343 e. The Morgan fingerprint density at radius 3 is 2.60 bits per heavy atom. The molecule has 2 rings (SSSR count). The molecule has 1 atom stereocenters. The highest BCUT2D eigenvalue weighted by Crippen LogP contribution is 2.16. The summed E-state index contributed by atoms with van der Waals surface area (Å²) in [7, 11) is -3.25. The number of hydrogen-bond acceptors (Lipinski definition) is 4. The van der Waals surface area contributed by atoms with Crippen LogP contribution in [0.4, 0.5) is 4.39 Å². The van der Waals surface area contributed by atoms with Gasteiger partial charge in [-0.2, -0.15) is 0 Å². The molecule has 0 radical (unpaired) electrons. The summed E-state index contributed by atoms with van der Waals surface area (Å²) in [6.45, 7) is 1.18. The number of piperidine rings is 1. The van der Waals surface area contributed by atoms with E-state index in [-0.39, 0.29) is 23.9 Å². The predicted molar refractivity (Wildman–Crippen MR) is 90.9 cm³/mol. The number of rotatable bonds is 6. The van der Waals surface area contributed by atoms with Crippen LogP contribution < -0.4 is 10.0 Å². The third kappa shape index (κ3) is 6.43. The van der Waals surface area contributed by atoms with Crippen LogP contribution in [0.2, 0.25) is 0 Å². The van der Waals surface area contributed by atoms with Gasteiger partial charge in [0.15, 0.2) is 0 Å². The molecule has 0 aromatic heterocycles. The summed E-state index contributed by atoms with van der Waals surface area (Å²) in [5, 5.41) is 2.52. The van der Waals surface area contributed by atoms with E-state index in [1.54, 1.807) is 4.90 Å². The Labute approximate surface area is 146 Å². The molecule has 25 heavy (non-hydrogen) atoms. The standard InChI is InChI=1S/C16H22FN3O4S/c1-25(23,24)19-9-12-3-2-8-20(11-12)15(21)10-18-16(22)13-4-6-14(17)7-5-13/h4-7,12,19H,2-3,8-11H2,1H3,(H,18,22). The van der Waals surface area contributed by atoms with Crippen LogP contribution in [0.3, 0.4) is 0 Å². The van der Waals surface area contributed by atoms with Crippen LogP contribution in [-0.4, -0.2) is 57.6 Å². The van der Waals surface area contributed by atoms with E-state index in [9.17, 15) is 22.4 Å². The second kappa shape index (κ2) is 8.39. The minimum Gasteiger partial charge on any atom is -0.343 e. The average molecular weight is 371 g/mol. The van der Waals surface area contributed by atoms with Gasteiger partial charge in [-0.15, -0.1) is 0 Å². The Morgan fingerprint density at radius 2 is 1.96 bits per heavy atom. The van der Waals surface area contributed by atoms with Crippen LogP contribution in [0, 0.1) is 11.7 Å². The Hall–Kier alpha value is -2.00. The van der Waals surface area contributed by atoms with Crippen molar-refractivity contribution in [1.29, 1.82) is 0 Å². The lowest BCUT2D eigenvalue weighted by molar-refractivity contribution is -0.131. The second-order valence-electron chi connectivity index (χ2n) is 6.16. The summed E-state index contributed by atoms with van der Waals surface area (Å²) in [4.78, 5) is 25.8. The number of carbonyl (C=O) groups is 2. The monoisotopic (exact) mass is 371 g/mol. The molecule has 1 aliphatic rings. The minimum atomic E-state index is -3.25. The van der Waals surface area contributed by atoms with E-state index in [4.69, 9.17) is 0 Å². The quantitative estimate of drug-likeness (QED) is 0.754. The van der Waals surface area contributed by atoms with Gasteiger partial charge >= 0.3 is 0 Å². The molecule has 1 aromatic rings. The van der Waals surface area contributed by atoms with Crippen LogP contribution in [0.25, 0.3) is 0 Å². The first kappa shape index (κ1) is 19.3. The van der Waals surface area contributed by atoms with Crippen molar-refractivity contribution in [2.45, 2.75) is 12.8 Å². The van der Waals surface area contributed by atoms with Crippen molar-refractivity contribution in [2.75, 3.05) is 32.4 Å². The van der Waals surface area contributed by atoms with Gasteiger partial charge in [0.05, 0.1) is 12.8 Å². The summed E-state index contributed by atoms with van der Waals surface area (Å²) in [6.07, 6.45) is 2.73. The molecule has 1 aromatic carbocycles. The Balaban J connectivity index is 1.81. The maximum atomic E-state index is 12.8. The molecule has 2 N–H and O–H groups in total. The van der Waals surface area contributed by atoms with Crippen molar-refractivity contribution in [2.24, 2.45) is 5.92 Å². The van der Waals surface area contributed by atoms with E-state index in [0.29, 0.717) is 19.6 Å². The van der Waals surface area contributed by atoms with Gasteiger partial charge in [-0.25, -0.2) is 17.5 Å². The van der Waals surface area contributed by atoms with Gasteiger partial charge in [0.25, 0.3) is 5.91 Å². The summed E-state index contributed by atoms with van der Waals surface area (Å²) < 4.78 is 37.6. The number of likely N-dealkylation sites (tertiary alicyclic amines) is 1. The van der Waals surface area contributed by atoms with Gasteiger partial charge in [-0.3, -0.25) is 9.59 Å². The number of carbonyl (C=O) groups excluding carboxylic acids is 2. The van der Waals surface area contributed by atoms with Crippen LogP contribution >= 0.6 is 0 Å². The highest BCUT2D eigenvalue weighted by molar-refractivity contribution is 7.88. The van der Waals surface area contributed by atoms with E-state index in [0.717, 1.165) is 19.1 Å². The van der Waals surface area contributed by atoms with Crippen molar-refractivity contribution < 1.29 is 22.4 Å². The number of amides is 2. The molecule has 1 fully saturated rings. The maximum Gasteiger partial charge on any atom is 0.251 e. The van der Waals surface area contributed by atoms with Gasteiger partial charge in [0.1, 0.15) is 5.82 Å². The summed E-state index contributed by atoms with van der Waals surface area (Å²) >= 11 is 0. The molecule has 2 amide bonds. The van der Waals surface area contributed by atoms with Crippen molar-refractivity contribution in [3.63, 3.8) is 0 Å². The zero-order chi connectivity index (χ0) is 18.4. The van der Waals surface area contributed by atoms with Gasteiger partial charge in [0, 0.05) is 25.2 Å². The molecular weight excluding hydrogens is 349 g/mol. The number of benzene rings is 1. The Bertz CT molecular complexity index is 721. The number of halogens is 1. The zero-order valence-corrected chi connectivity index (χ0v) is 14.8. The summed E-state index contributed by atoms with van der Waals surface area (Å²) in [5.74, 6) is -1.05. The fraction of sp³-hybridized carbons (Fsp3) is 0.500. The second-order valence-corrected chi connectivity index (χ2v) is 7.99. The lowest BCUT2D eigenvalue weighted by Gasteiger charge is -2.32. The Kier molecular flexibility index (Phi) is 6.49. The molecule has 1 saturated heterocycles. The molecule has 7 nitrogen and oxygen atoms in total. The van der Waals surface area contributed by atoms with Crippen molar-refractivity contribution in [3.05, 3.63) is 35.6 Å². The average Bonchev–Trinajstić information content (AvgIpc) is 2.58. The SMILES string of the molecule is CS(=O)(=O)NCC1CCCN(C(=O)CNC(=O)c2ccc(F)cc2)C1. The fourth-order valence-electron chi connectivity index (χ4n) is 2.70. The first-order valence-corrected chi connectivity index (χ1v) is 9.90. The van der Waals surface area contributed by atoms with E-state index >= 15 is 0 Å². The van der Waals surface area contributed by atoms with Gasteiger partial charge in [-0.1, -0.05) is 0 Å². The third-order valence-electron chi connectivity index (χ3n) is 4.01. The molecular formula is C16H22FN3O4S. The topological polar surface area (TPSA) is 95.6 Å². The van der Waals surface area contributed by atoms with Crippen molar-refractivity contribution in [1.82, 2.24) is 14.9 Å². The summed E-state index contributed by atoms with van der Waals surface area (Å²) in [5.41, 5.74) is 0.281. The highest BCUT2D eigenvalue weighted by atomic mass is 32.2. The first-order chi connectivity index (χ1) is 11.7. The molecule has 1 unspecified atom stereocenters. The third-order valence-corrected chi connectivity index (χ3v) is 4.70. The normalized spacial score (nSPS) is 18.0. The highest BCUT2D eigenvalue weighted by Gasteiger charge is 2.24. The lowest BCUT2D eigenvalue weighted by atomic mass is 9.98. The van der Waals surface area contributed by atoms with Crippen molar-refractivity contribution >= 4 is 21.8 Å². The predicted octanol–water partition coefficient (Wildman–Crippen LogP) is 0.343. The Morgan fingerprint density at radius 1 is 1.28 bits per heavy atom. The smallest absolute Gasteiger partial charge is 0.251 e. The van der Waals surface area contributed by atoms with Crippen LogP contribution in [0.5, 0.6) is 0 Å². The van der Waals surface area contributed by atoms with Crippen LogP contribution in [-0.2, 0) is 14.8 Å². The maximum absolute atomic E-state index is 12.8. The molecule has 9 heteroatoms. The van der Waals surface area contributed by atoms with Gasteiger partial charge < -0.3 is 10.2 Å². The number of hydrogen-bond donors (Lipinski definition) is 2. The number of sulfonamides is 1. The molecule has 0 saturated carbocycles. The molecule has 1 aliphatic heterocycles. The number of nitrogens with zero attached hydrogens (tertiary/aromatic N) is 1. The summed E-state index contributed by atoms with van der Waals surface area (Å²) in [6, 6.07) is 5.06. The zero-order valence-electron chi connectivity index (χ0n) is 14.0. The van der Waals surface area contributed by atoms with Gasteiger partial charge in [0.2, 0.25) is 15.9 Å². The first-order valence-electron chi connectivity index (χ1n) is 8.01. The van der Waals surface area contributed by atoms with Crippen LogP contribution in [0.15, 0.2) is 24.3 Å². The van der Waals surface area contributed by atoms with Crippen LogP contribution in [0.1, 0.15) is 23.2 Å². The number of nitrogens with one attached hydrogen (secondary N) is 2. The van der Waals surface area contributed by atoms with E-state index in [1.165, 1.54) is 24.3 Å². The molecule has 0 aliphatic carbocycles. The van der Waals surface area contributed by atoms with Gasteiger partial charge in [-0.05, 0) is 43.0 Å². The molecule has 0 bridgehead atoms.